The third kappa shape index (κ3) is 10.0. The van der Waals surface area contributed by atoms with Gasteiger partial charge < -0.3 is 25.1 Å². The SMILES string of the molecule is CC(=O)OC(C)CC(c1ccc(OC(=O)CC(C)C)c(OC(=O)CC(C)C)c1)[C@H](N)C(=O)O. The molecule has 0 saturated heterocycles. The third-order valence-electron chi connectivity index (χ3n) is 4.66. The van der Waals surface area contributed by atoms with Gasteiger partial charge in [0.1, 0.15) is 6.04 Å². The van der Waals surface area contributed by atoms with E-state index < -0.39 is 41.9 Å². The molecule has 0 saturated carbocycles. The first-order chi connectivity index (χ1) is 15.3. The number of carboxylic acids is 1. The van der Waals surface area contributed by atoms with Gasteiger partial charge in [-0.1, -0.05) is 33.8 Å². The lowest BCUT2D eigenvalue weighted by atomic mass is 9.87. The highest BCUT2D eigenvalue weighted by atomic mass is 16.6. The molecule has 3 atom stereocenters. The molecule has 0 heterocycles. The molecule has 0 radical (unpaired) electrons. The number of hydrogen-bond donors (Lipinski definition) is 2. The van der Waals surface area contributed by atoms with Crippen molar-refractivity contribution in [2.45, 2.75) is 78.9 Å². The van der Waals surface area contributed by atoms with Gasteiger partial charge in [0.25, 0.3) is 0 Å². The van der Waals surface area contributed by atoms with Crippen molar-refractivity contribution < 1.29 is 38.5 Å². The van der Waals surface area contributed by atoms with Gasteiger partial charge in [0, 0.05) is 25.7 Å². The van der Waals surface area contributed by atoms with E-state index in [1.165, 1.54) is 19.1 Å². The van der Waals surface area contributed by atoms with Gasteiger partial charge >= 0.3 is 23.9 Å². The smallest absolute Gasteiger partial charge is 0.321 e. The van der Waals surface area contributed by atoms with E-state index in [1.54, 1.807) is 13.0 Å². The second-order valence-electron chi connectivity index (χ2n) is 8.98. The zero-order valence-electron chi connectivity index (χ0n) is 20.1. The van der Waals surface area contributed by atoms with Gasteiger partial charge in [-0.2, -0.15) is 0 Å². The summed E-state index contributed by atoms with van der Waals surface area (Å²) in [6, 6.07) is 3.15. The van der Waals surface area contributed by atoms with Crippen LogP contribution in [0.25, 0.3) is 0 Å². The molecule has 1 rings (SSSR count). The molecule has 9 nitrogen and oxygen atoms in total. The van der Waals surface area contributed by atoms with Crippen molar-refractivity contribution in [3.63, 3.8) is 0 Å². The molecule has 0 bridgehead atoms. The topological polar surface area (TPSA) is 142 Å². The van der Waals surface area contributed by atoms with Crippen LogP contribution in [0.4, 0.5) is 0 Å². The summed E-state index contributed by atoms with van der Waals surface area (Å²) in [4.78, 5) is 47.4. The number of esters is 3. The molecule has 9 heteroatoms. The summed E-state index contributed by atoms with van der Waals surface area (Å²) in [6.07, 6.45) is -0.161. The molecule has 0 aliphatic rings. The van der Waals surface area contributed by atoms with Crippen LogP contribution in [0.2, 0.25) is 0 Å². The van der Waals surface area contributed by atoms with Crippen LogP contribution < -0.4 is 15.2 Å². The molecular weight excluding hydrogens is 430 g/mol. The zero-order valence-corrected chi connectivity index (χ0v) is 20.1. The lowest BCUT2D eigenvalue weighted by Crippen LogP contribution is -2.38. The Balaban J connectivity index is 3.36. The fourth-order valence-electron chi connectivity index (χ4n) is 3.27. The van der Waals surface area contributed by atoms with E-state index in [1.807, 2.05) is 27.7 Å². The summed E-state index contributed by atoms with van der Waals surface area (Å²) in [5.41, 5.74) is 6.37. The lowest BCUT2D eigenvalue weighted by Gasteiger charge is -2.25. The van der Waals surface area contributed by atoms with E-state index in [0.29, 0.717) is 5.56 Å². The lowest BCUT2D eigenvalue weighted by molar-refractivity contribution is -0.146. The number of carbonyl (C=O) groups excluding carboxylic acids is 3. The van der Waals surface area contributed by atoms with Crippen molar-refractivity contribution in [2.24, 2.45) is 17.6 Å². The molecule has 0 aliphatic heterocycles. The summed E-state index contributed by atoms with van der Waals surface area (Å²) in [5, 5.41) is 9.49. The highest BCUT2D eigenvalue weighted by Gasteiger charge is 2.30. The number of hydrogen-bond acceptors (Lipinski definition) is 8. The maximum Gasteiger partial charge on any atom is 0.321 e. The van der Waals surface area contributed by atoms with Crippen LogP contribution in [0, 0.1) is 11.8 Å². The highest BCUT2D eigenvalue weighted by Crippen LogP contribution is 2.35. The van der Waals surface area contributed by atoms with E-state index in [0.717, 1.165) is 0 Å². The van der Waals surface area contributed by atoms with Crippen LogP contribution in [0.5, 0.6) is 11.5 Å². The molecule has 1 aromatic carbocycles. The largest absolute Gasteiger partial charge is 0.480 e. The van der Waals surface area contributed by atoms with Gasteiger partial charge in [0.2, 0.25) is 0 Å². The molecule has 0 fully saturated rings. The average molecular weight is 466 g/mol. The predicted molar refractivity (Wildman–Crippen MR) is 121 cm³/mol. The van der Waals surface area contributed by atoms with Crippen LogP contribution in [0.15, 0.2) is 18.2 Å². The van der Waals surface area contributed by atoms with Gasteiger partial charge in [-0.15, -0.1) is 0 Å². The average Bonchev–Trinajstić information content (AvgIpc) is 2.65. The van der Waals surface area contributed by atoms with Crippen molar-refractivity contribution in [3.05, 3.63) is 23.8 Å². The Hall–Kier alpha value is -2.94. The molecule has 184 valence electrons. The van der Waals surface area contributed by atoms with Gasteiger partial charge in [0.05, 0.1) is 6.10 Å². The molecule has 2 unspecified atom stereocenters. The summed E-state index contributed by atoms with van der Waals surface area (Å²) in [7, 11) is 0. The summed E-state index contributed by atoms with van der Waals surface area (Å²) >= 11 is 0. The zero-order chi connectivity index (χ0) is 25.3. The molecular formula is C24H35NO8. The molecule has 0 amide bonds. The number of carboxylic acid groups (broad SMARTS) is 1. The van der Waals surface area contributed by atoms with E-state index in [-0.39, 0.29) is 42.6 Å². The normalized spacial score (nSPS) is 13.8. The van der Waals surface area contributed by atoms with E-state index in [2.05, 4.69) is 0 Å². The quantitative estimate of drug-likeness (QED) is 0.350. The van der Waals surface area contributed by atoms with Crippen molar-refractivity contribution in [2.75, 3.05) is 0 Å². The van der Waals surface area contributed by atoms with E-state index in [4.69, 9.17) is 19.9 Å². The molecule has 0 spiro atoms. The number of ether oxygens (including phenoxy) is 3. The molecule has 1 aromatic rings. The minimum Gasteiger partial charge on any atom is -0.480 e. The van der Waals surface area contributed by atoms with Crippen molar-refractivity contribution in [3.8, 4) is 11.5 Å². The van der Waals surface area contributed by atoms with Crippen LogP contribution in [0.3, 0.4) is 0 Å². The highest BCUT2D eigenvalue weighted by molar-refractivity contribution is 5.77. The first kappa shape index (κ1) is 28.1. The second kappa shape index (κ2) is 12.9. The maximum atomic E-state index is 12.3. The van der Waals surface area contributed by atoms with E-state index >= 15 is 0 Å². The van der Waals surface area contributed by atoms with Crippen LogP contribution in [-0.2, 0) is 23.9 Å². The van der Waals surface area contributed by atoms with Gasteiger partial charge in [-0.05, 0) is 42.9 Å². The Morgan fingerprint density at radius 3 is 1.88 bits per heavy atom. The monoisotopic (exact) mass is 465 g/mol. The van der Waals surface area contributed by atoms with Crippen LogP contribution in [0.1, 0.15) is 72.3 Å². The Morgan fingerprint density at radius 2 is 1.42 bits per heavy atom. The summed E-state index contributed by atoms with van der Waals surface area (Å²) in [5.74, 6) is -3.33. The molecule has 0 aromatic heterocycles. The minimum atomic E-state index is -1.31. The standard InChI is InChI=1S/C24H35NO8/c1-13(2)9-21(27)32-19-8-7-17(12-20(19)33-22(28)10-14(3)4)18(23(25)24(29)30)11-15(5)31-16(6)26/h7-8,12-15,18,23H,9-11,25H2,1-6H3,(H,29,30)/t15?,18?,23-/m0/s1. The maximum absolute atomic E-state index is 12.3. The Morgan fingerprint density at radius 1 is 0.909 bits per heavy atom. The van der Waals surface area contributed by atoms with Crippen LogP contribution in [-0.4, -0.2) is 41.1 Å². The molecule has 33 heavy (non-hydrogen) atoms. The first-order valence-corrected chi connectivity index (χ1v) is 11.0. The number of carbonyl (C=O) groups is 4. The predicted octanol–water partition coefficient (Wildman–Crippen LogP) is 3.43. The second-order valence-corrected chi connectivity index (χ2v) is 8.98. The fourth-order valence-corrected chi connectivity index (χ4v) is 3.27. The summed E-state index contributed by atoms with van der Waals surface area (Å²) in [6.45, 7) is 10.4. The van der Waals surface area contributed by atoms with Crippen molar-refractivity contribution >= 4 is 23.9 Å². The number of benzene rings is 1. The van der Waals surface area contributed by atoms with Crippen LogP contribution >= 0.6 is 0 Å². The van der Waals surface area contributed by atoms with Gasteiger partial charge in [0.15, 0.2) is 11.5 Å². The van der Waals surface area contributed by atoms with Gasteiger partial charge in [-0.25, -0.2) is 0 Å². The number of rotatable bonds is 12. The molecule has 0 aliphatic carbocycles. The third-order valence-corrected chi connectivity index (χ3v) is 4.66. The van der Waals surface area contributed by atoms with Gasteiger partial charge in [-0.3, -0.25) is 19.2 Å². The van der Waals surface area contributed by atoms with Crippen molar-refractivity contribution in [1.82, 2.24) is 0 Å². The van der Waals surface area contributed by atoms with Crippen molar-refractivity contribution in [1.29, 1.82) is 0 Å². The number of aliphatic carboxylic acids is 1. The first-order valence-electron chi connectivity index (χ1n) is 11.0. The summed E-state index contributed by atoms with van der Waals surface area (Å²) < 4.78 is 16.0. The number of nitrogens with two attached hydrogens (primary N) is 1. The minimum absolute atomic E-state index is 0.00187. The fraction of sp³-hybridized carbons (Fsp3) is 0.583. The molecule has 3 N–H and O–H groups in total. The van der Waals surface area contributed by atoms with E-state index in [9.17, 15) is 24.3 Å². The Kier molecular flexibility index (Phi) is 11.0. The Labute approximate surface area is 194 Å². The Bertz CT molecular complexity index is 849.